The van der Waals surface area contributed by atoms with Crippen LogP contribution in [0.15, 0.2) is 54.6 Å². The molecule has 0 aliphatic carbocycles. The first-order valence-corrected chi connectivity index (χ1v) is 8.97. The van der Waals surface area contributed by atoms with Crippen molar-refractivity contribution < 1.29 is 9.72 Å². The molecule has 2 aromatic rings. The van der Waals surface area contributed by atoms with E-state index in [0.717, 1.165) is 22.8 Å². The molecule has 2 atom stereocenters. The number of carbonyl (C=O) groups is 1. The van der Waals surface area contributed by atoms with Crippen LogP contribution in [0.1, 0.15) is 18.0 Å². The van der Waals surface area contributed by atoms with Crippen molar-refractivity contribution in [1.29, 1.82) is 0 Å². The van der Waals surface area contributed by atoms with Crippen LogP contribution in [0, 0.1) is 16.0 Å². The average Bonchev–Trinajstić information content (AvgIpc) is 2.61. The van der Waals surface area contributed by atoms with Crippen LogP contribution in [0.5, 0.6) is 0 Å². The molecule has 5 nitrogen and oxygen atoms in total. The first kappa shape index (κ1) is 16.5. The molecule has 2 aromatic carbocycles. The molecule has 0 bridgehead atoms. The standard InChI is InChI=1S/C18H18N2O3S/c21-17-9-10-24-12-16(17)18(19-14-6-2-1-3-7-14)13-5-4-8-15(11-13)20(22)23/h1-8,11,16,18-19H,9-10,12H2/t16-,18+/m0/s1. The topological polar surface area (TPSA) is 72.2 Å². The minimum absolute atomic E-state index is 0.0447. The number of nitro groups is 1. The maximum Gasteiger partial charge on any atom is 0.269 e. The third-order valence-electron chi connectivity index (χ3n) is 4.14. The van der Waals surface area contributed by atoms with Crippen molar-refractivity contribution in [3.8, 4) is 0 Å². The zero-order valence-electron chi connectivity index (χ0n) is 13.1. The molecule has 124 valence electrons. The highest BCUT2D eigenvalue weighted by molar-refractivity contribution is 7.99. The van der Waals surface area contributed by atoms with Crippen molar-refractivity contribution in [2.45, 2.75) is 12.5 Å². The summed E-state index contributed by atoms with van der Waals surface area (Å²) in [4.78, 5) is 23.1. The van der Waals surface area contributed by atoms with E-state index in [-0.39, 0.29) is 23.4 Å². The van der Waals surface area contributed by atoms with Crippen molar-refractivity contribution in [3.05, 3.63) is 70.3 Å². The zero-order valence-corrected chi connectivity index (χ0v) is 13.9. The molecule has 6 heteroatoms. The number of non-ortho nitro benzene ring substituents is 1. The third kappa shape index (κ3) is 3.76. The largest absolute Gasteiger partial charge is 0.377 e. The number of nitrogens with one attached hydrogen (secondary N) is 1. The Balaban J connectivity index is 1.96. The SMILES string of the molecule is O=C1CCSC[C@@H]1[C@H](Nc1ccccc1)c1cccc([N+](=O)[O-])c1. The van der Waals surface area contributed by atoms with Crippen LogP contribution >= 0.6 is 11.8 Å². The van der Waals surface area contributed by atoms with Crippen molar-refractivity contribution in [2.24, 2.45) is 5.92 Å². The lowest BCUT2D eigenvalue weighted by Gasteiger charge is -2.30. The van der Waals surface area contributed by atoms with Gasteiger partial charge in [-0.05, 0) is 17.7 Å². The van der Waals surface area contributed by atoms with Gasteiger partial charge in [0.15, 0.2) is 0 Å². The summed E-state index contributed by atoms with van der Waals surface area (Å²) in [5, 5.41) is 14.5. The average molecular weight is 342 g/mol. The number of ketones is 1. The molecule has 1 aliphatic heterocycles. The van der Waals surface area contributed by atoms with Crippen LogP contribution in [0.4, 0.5) is 11.4 Å². The van der Waals surface area contributed by atoms with E-state index in [1.165, 1.54) is 6.07 Å². The molecule has 0 spiro atoms. The maximum absolute atomic E-state index is 12.4. The second-order valence-corrected chi connectivity index (χ2v) is 6.89. The first-order valence-electron chi connectivity index (χ1n) is 7.81. The van der Waals surface area contributed by atoms with E-state index in [0.29, 0.717) is 6.42 Å². The van der Waals surface area contributed by atoms with Crippen LogP contribution in [-0.4, -0.2) is 22.2 Å². The number of rotatable bonds is 5. The molecule has 0 radical (unpaired) electrons. The number of benzene rings is 2. The highest BCUT2D eigenvalue weighted by Gasteiger charge is 2.32. The van der Waals surface area contributed by atoms with Gasteiger partial charge in [-0.1, -0.05) is 30.3 Å². The second kappa shape index (κ2) is 7.49. The third-order valence-corrected chi connectivity index (χ3v) is 5.23. The van der Waals surface area contributed by atoms with E-state index in [9.17, 15) is 14.9 Å². The van der Waals surface area contributed by atoms with E-state index in [1.54, 1.807) is 23.9 Å². The fourth-order valence-corrected chi connectivity index (χ4v) is 4.05. The van der Waals surface area contributed by atoms with Crippen molar-refractivity contribution >= 4 is 28.9 Å². The molecule has 0 amide bonds. The Morgan fingerprint density at radius 1 is 1.17 bits per heavy atom. The molecule has 3 rings (SSSR count). The molecular formula is C18H18N2O3S. The van der Waals surface area contributed by atoms with E-state index in [1.807, 2.05) is 36.4 Å². The predicted molar refractivity (Wildman–Crippen MR) is 96.3 cm³/mol. The lowest BCUT2D eigenvalue weighted by atomic mass is 9.89. The molecule has 0 aromatic heterocycles. The summed E-state index contributed by atoms with van der Waals surface area (Å²) in [6.45, 7) is 0. The molecule has 1 aliphatic rings. The van der Waals surface area contributed by atoms with Gasteiger partial charge >= 0.3 is 0 Å². The number of nitrogens with zero attached hydrogens (tertiary/aromatic N) is 1. The van der Waals surface area contributed by atoms with Gasteiger partial charge in [0, 0.05) is 35.7 Å². The van der Waals surface area contributed by atoms with Crippen LogP contribution < -0.4 is 5.32 Å². The van der Waals surface area contributed by atoms with Gasteiger partial charge in [-0.2, -0.15) is 11.8 Å². The Kier molecular flexibility index (Phi) is 5.15. The summed E-state index contributed by atoms with van der Waals surface area (Å²) in [6, 6.07) is 15.9. The molecular weight excluding hydrogens is 324 g/mol. The highest BCUT2D eigenvalue weighted by atomic mass is 32.2. The minimum Gasteiger partial charge on any atom is -0.377 e. The fourth-order valence-electron chi connectivity index (χ4n) is 2.91. The Morgan fingerprint density at radius 2 is 1.96 bits per heavy atom. The van der Waals surface area contributed by atoms with Crippen LogP contribution in [0.3, 0.4) is 0 Å². The number of thioether (sulfide) groups is 1. The second-order valence-electron chi connectivity index (χ2n) is 5.74. The molecule has 1 fully saturated rings. The van der Waals surface area contributed by atoms with E-state index in [4.69, 9.17) is 0 Å². The quantitative estimate of drug-likeness (QED) is 0.655. The van der Waals surface area contributed by atoms with E-state index in [2.05, 4.69) is 5.32 Å². The van der Waals surface area contributed by atoms with Gasteiger partial charge in [0.2, 0.25) is 0 Å². The van der Waals surface area contributed by atoms with Crippen LogP contribution in [0.2, 0.25) is 0 Å². The summed E-state index contributed by atoms with van der Waals surface area (Å²) >= 11 is 1.76. The van der Waals surface area contributed by atoms with Gasteiger partial charge in [-0.3, -0.25) is 14.9 Å². The molecule has 24 heavy (non-hydrogen) atoms. The van der Waals surface area contributed by atoms with Gasteiger partial charge in [0.05, 0.1) is 16.9 Å². The number of anilines is 1. The van der Waals surface area contributed by atoms with Gasteiger partial charge in [-0.25, -0.2) is 0 Å². The number of para-hydroxylation sites is 1. The predicted octanol–water partition coefficient (Wildman–Crippen LogP) is 4.07. The smallest absolute Gasteiger partial charge is 0.269 e. The summed E-state index contributed by atoms with van der Waals surface area (Å²) in [6.07, 6.45) is 0.553. The summed E-state index contributed by atoms with van der Waals surface area (Å²) in [7, 11) is 0. The van der Waals surface area contributed by atoms with E-state index >= 15 is 0 Å². The first-order chi connectivity index (χ1) is 11.6. The summed E-state index contributed by atoms with van der Waals surface area (Å²) in [5.41, 5.74) is 1.72. The van der Waals surface area contributed by atoms with Gasteiger partial charge < -0.3 is 5.32 Å². The molecule has 1 N–H and O–H groups in total. The zero-order chi connectivity index (χ0) is 16.9. The normalized spacial score (nSPS) is 18.8. The number of Topliss-reactive ketones (excluding diaryl/α,β-unsaturated/α-hetero) is 1. The molecule has 0 unspecified atom stereocenters. The molecule has 1 heterocycles. The van der Waals surface area contributed by atoms with Gasteiger partial charge in [0.1, 0.15) is 5.78 Å². The van der Waals surface area contributed by atoms with Gasteiger partial charge in [0.25, 0.3) is 5.69 Å². The summed E-state index contributed by atoms with van der Waals surface area (Å²) in [5.74, 6) is 1.61. The van der Waals surface area contributed by atoms with Gasteiger partial charge in [-0.15, -0.1) is 0 Å². The Labute approximate surface area is 144 Å². The van der Waals surface area contributed by atoms with Crippen LogP contribution in [-0.2, 0) is 4.79 Å². The fraction of sp³-hybridized carbons (Fsp3) is 0.278. The molecule has 1 saturated heterocycles. The molecule has 0 saturated carbocycles. The highest BCUT2D eigenvalue weighted by Crippen LogP contribution is 2.34. The number of hydrogen-bond acceptors (Lipinski definition) is 5. The van der Waals surface area contributed by atoms with Crippen molar-refractivity contribution in [3.63, 3.8) is 0 Å². The van der Waals surface area contributed by atoms with Crippen molar-refractivity contribution in [1.82, 2.24) is 0 Å². The lowest BCUT2D eigenvalue weighted by molar-refractivity contribution is -0.384. The Hall–Kier alpha value is -2.34. The summed E-state index contributed by atoms with van der Waals surface area (Å²) < 4.78 is 0. The van der Waals surface area contributed by atoms with E-state index < -0.39 is 4.92 Å². The van der Waals surface area contributed by atoms with Crippen LogP contribution in [0.25, 0.3) is 0 Å². The maximum atomic E-state index is 12.4. The number of carbonyl (C=O) groups excluding carboxylic acids is 1. The Bertz CT molecular complexity index is 736. The van der Waals surface area contributed by atoms with Crippen molar-refractivity contribution in [2.75, 3.05) is 16.8 Å². The monoisotopic (exact) mass is 342 g/mol. The minimum atomic E-state index is -0.402. The number of nitro benzene ring substituents is 1. The number of hydrogen-bond donors (Lipinski definition) is 1. The lowest BCUT2D eigenvalue weighted by Crippen LogP contribution is -2.32. The Morgan fingerprint density at radius 3 is 2.67 bits per heavy atom.